The summed E-state index contributed by atoms with van der Waals surface area (Å²) in [5.41, 5.74) is 0. The smallest absolute Gasteiger partial charge is 0.406 e. The number of ether oxygens (including phenoxy) is 1. The molecule has 5 heteroatoms. The summed E-state index contributed by atoms with van der Waals surface area (Å²) < 4.78 is 40.1. The molecular weight excluding hydrogens is 261 g/mol. The number of hydrogen-bond acceptors (Lipinski definition) is 2. The van der Waals surface area contributed by atoms with Crippen LogP contribution in [0, 0.1) is 0 Å². The van der Waals surface area contributed by atoms with E-state index < -0.39 is 6.36 Å². The molecule has 0 radical (unpaired) electrons. The maximum atomic E-state index is 12.1. The van der Waals surface area contributed by atoms with E-state index in [2.05, 4.69) is 4.74 Å². The van der Waals surface area contributed by atoms with Crippen molar-refractivity contribution in [2.75, 3.05) is 0 Å². The lowest BCUT2D eigenvalue weighted by Gasteiger charge is -2.09. The van der Waals surface area contributed by atoms with Crippen molar-refractivity contribution >= 4 is 11.8 Å². The van der Waals surface area contributed by atoms with Gasteiger partial charge in [0.05, 0.1) is 0 Å². The highest BCUT2D eigenvalue weighted by atomic mass is 32.2. The molecule has 0 aliphatic rings. The molecule has 0 aliphatic carbocycles. The standard InChI is InChI=1S/C13H9F3OS/c14-13(15,16)17-10-5-4-8-12(9-10)18-11-6-2-1-3-7-11/h1-9H. The fraction of sp³-hybridized carbons (Fsp3) is 0.0769. The first kappa shape index (κ1) is 12.8. The van der Waals surface area contributed by atoms with E-state index in [1.807, 2.05) is 30.3 Å². The molecule has 0 aliphatic heterocycles. The van der Waals surface area contributed by atoms with Crippen molar-refractivity contribution in [2.45, 2.75) is 16.2 Å². The second-order valence-electron chi connectivity index (χ2n) is 3.44. The lowest BCUT2D eigenvalue weighted by Crippen LogP contribution is -2.17. The van der Waals surface area contributed by atoms with Gasteiger partial charge in [-0.3, -0.25) is 0 Å². The van der Waals surface area contributed by atoms with Crippen LogP contribution in [0.15, 0.2) is 64.4 Å². The van der Waals surface area contributed by atoms with Crippen molar-refractivity contribution in [3.05, 3.63) is 54.6 Å². The zero-order valence-electron chi connectivity index (χ0n) is 9.15. The molecule has 0 saturated carbocycles. The molecule has 1 nitrogen and oxygen atoms in total. The fourth-order valence-electron chi connectivity index (χ4n) is 1.36. The first-order valence-corrected chi connectivity index (χ1v) is 5.93. The van der Waals surface area contributed by atoms with Gasteiger partial charge < -0.3 is 4.74 Å². The third kappa shape index (κ3) is 4.00. The highest BCUT2D eigenvalue weighted by Crippen LogP contribution is 2.31. The van der Waals surface area contributed by atoms with Crippen molar-refractivity contribution in [3.63, 3.8) is 0 Å². The maximum absolute atomic E-state index is 12.1. The van der Waals surface area contributed by atoms with E-state index in [1.165, 1.54) is 30.0 Å². The van der Waals surface area contributed by atoms with Crippen LogP contribution < -0.4 is 4.74 Å². The quantitative estimate of drug-likeness (QED) is 0.797. The second kappa shape index (κ2) is 5.35. The van der Waals surface area contributed by atoms with E-state index in [-0.39, 0.29) is 5.75 Å². The van der Waals surface area contributed by atoms with Crippen molar-refractivity contribution < 1.29 is 17.9 Å². The first-order chi connectivity index (χ1) is 8.53. The Morgan fingerprint density at radius 2 is 1.50 bits per heavy atom. The molecule has 0 amide bonds. The van der Waals surface area contributed by atoms with Gasteiger partial charge in [-0.25, -0.2) is 0 Å². The molecule has 0 bridgehead atoms. The van der Waals surface area contributed by atoms with E-state index in [0.717, 1.165) is 4.90 Å². The molecule has 2 aromatic carbocycles. The molecule has 18 heavy (non-hydrogen) atoms. The summed E-state index contributed by atoms with van der Waals surface area (Å²) in [6.07, 6.45) is -4.66. The molecule has 0 heterocycles. The minimum absolute atomic E-state index is 0.205. The summed E-state index contributed by atoms with van der Waals surface area (Å²) in [5, 5.41) is 0. The molecule has 0 saturated heterocycles. The van der Waals surface area contributed by atoms with Crippen LogP contribution in [0.1, 0.15) is 0 Å². The maximum Gasteiger partial charge on any atom is 0.573 e. The molecule has 0 spiro atoms. The van der Waals surface area contributed by atoms with Crippen molar-refractivity contribution in [2.24, 2.45) is 0 Å². The molecule has 0 aromatic heterocycles. The van der Waals surface area contributed by atoms with Crippen LogP contribution in [-0.2, 0) is 0 Å². The van der Waals surface area contributed by atoms with E-state index in [1.54, 1.807) is 6.07 Å². The van der Waals surface area contributed by atoms with Crippen LogP contribution in [0.2, 0.25) is 0 Å². The zero-order chi connectivity index (χ0) is 13.0. The molecule has 0 unspecified atom stereocenters. The number of halogens is 3. The zero-order valence-corrected chi connectivity index (χ0v) is 9.96. The third-order valence-electron chi connectivity index (χ3n) is 2.02. The van der Waals surface area contributed by atoms with Gasteiger partial charge in [-0.05, 0) is 30.3 Å². The van der Waals surface area contributed by atoms with Crippen LogP contribution in [0.4, 0.5) is 13.2 Å². The summed E-state index contributed by atoms with van der Waals surface area (Å²) in [5.74, 6) is -0.205. The largest absolute Gasteiger partial charge is 0.573 e. The average Bonchev–Trinajstić information content (AvgIpc) is 2.28. The van der Waals surface area contributed by atoms with E-state index >= 15 is 0 Å². The van der Waals surface area contributed by atoms with E-state index in [0.29, 0.717) is 4.90 Å². The average molecular weight is 270 g/mol. The second-order valence-corrected chi connectivity index (χ2v) is 4.58. The summed E-state index contributed by atoms with van der Waals surface area (Å²) in [6, 6.07) is 15.3. The number of benzene rings is 2. The Bertz CT molecular complexity index is 511. The van der Waals surface area contributed by atoms with E-state index in [9.17, 15) is 13.2 Å². The van der Waals surface area contributed by atoms with Crippen LogP contribution in [0.3, 0.4) is 0 Å². The highest BCUT2D eigenvalue weighted by molar-refractivity contribution is 7.99. The highest BCUT2D eigenvalue weighted by Gasteiger charge is 2.31. The van der Waals surface area contributed by atoms with Gasteiger partial charge >= 0.3 is 6.36 Å². The summed E-state index contributed by atoms with van der Waals surface area (Å²) in [7, 11) is 0. The first-order valence-electron chi connectivity index (χ1n) is 5.12. The summed E-state index contributed by atoms with van der Waals surface area (Å²) in [4.78, 5) is 1.66. The Kier molecular flexibility index (Phi) is 3.81. The third-order valence-corrected chi connectivity index (χ3v) is 3.02. The lowest BCUT2D eigenvalue weighted by atomic mass is 10.3. The van der Waals surface area contributed by atoms with Gasteiger partial charge in [-0.15, -0.1) is 13.2 Å². The van der Waals surface area contributed by atoms with Gasteiger partial charge in [-0.1, -0.05) is 36.0 Å². The SMILES string of the molecule is FC(F)(F)Oc1cccc(Sc2ccccc2)c1. The Morgan fingerprint density at radius 1 is 0.833 bits per heavy atom. The number of alkyl halides is 3. The Hall–Kier alpha value is -1.62. The number of rotatable bonds is 3. The van der Waals surface area contributed by atoms with Crippen LogP contribution in [-0.4, -0.2) is 6.36 Å². The Morgan fingerprint density at radius 3 is 2.17 bits per heavy atom. The van der Waals surface area contributed by atoms with Crippen molar-refractivity contribution in [1.82, 2.24) is 0 Å². The molecule has 0 atom stereocenters. The molecule has 2 aromatic rings. The number of hydrogen-bond donors (Lipinski definition) is 0. The molecule has 94 valence electrons. The predicted molar refractivity (Wildman–Crippen MR) is 63.7 cm³/mol. The molecule has 0 fully saturated rings. The minimum atomic E-state index is -4.66. The van der Waals surface area contributed by atoms with Gasteiger partial charge in [0, 0.05) is 9.79 Å². The molecular formula is C13H9F3OS. The van der Waals surface area contributed by atoms with Crippen LogP contribution in [0.25, 0.3) is 0 Å². The topological polar surface area (TPSA) is 9.23 Å². The lowest BCUT2D eigenvalue weighted by molar-refractivity contribution is -0.274. The van der Waals surface area contributed by atoms with E-state index in [4.69, 9.17) is 0 Å². The van der Waals surface area contributed by atoms with Gasteiger partial charge in [-0.2, -0.15) is 0 Å². The monoisotopic (exact) mass is 270 g/mol. The summed E-state index contributed by atoms with van der Waals surface area (Å²) in [6.45, 7) is 0. The fourth-order valence-corrected chi connectivity index (χ4v) is 2.25. The Balaban J connectivity index is 2.13. The van der Waals surface area contributed by atoms with Gasteiger partial charge in [0.2, 0.25) is 0 Å². The van der Waals surface area contributed by atoms with Crippen molar-refractivity contribution in [1.29, 1.82) is 0 Å². The van der Waals surface area contributed by atoms with Gasteiger partial charge in [0.25, 0.3) is 0 Å². The van der Waals surface area contributed by atoms with Crippen LogP contribution in [0.5, 0.6) is 5.75 Å². The van der Waals surface area contributed by atoms with Crippen LogP contribution >= 0.6 is 11.8 Å². The minimum Gasteiger partial charge on any atom is -0.406 e. The summed E-state index contributed by atoms with van der Waals surface area (Å²) >= 11 is 1.38. The van der Waals surface area contributed by atoms with Crippen molar-refractivity contribution in [3.8, 4) is 5.75 Å². The molecule has 2 rings (SSSR count). The Labute approximate surface area is 107 Å². The van der Waals surface area contributed by atoms with Gasteiger partial charge in [0.1, 0.15) is 5.75 Å². The predicted octanol–water partition coefficient (Wildman–Crippen LogP) is 4.74. The molecule has 0 N–H and O–H groups in total. The van der Waals surface area contributed by atoms with Gasteiger partial charge in [0.15, 0.2) is 0 Å². The normalized spacial score (nSPS) is 11.3.